The lowest BCUT2D eigenvalue weighted by Crippen LogP contribution is -2.45. The molecule has 2 heterocycles. The van der Waals surface area contributed by atoms with Crippen LogP contribution in [-0.4, -0.2) is 40.2 Å². The highest BCUT2D eigenvalue weighted by atomic mass is 32.2. The van der Waals surface area contributed by atoms with Gasteiger partial charge in [0.15, 0.2) is 5.82 Å². The van der Waals surface area contributed by atoms with Gasteiger partial charge in [-0.1, -0.05) is 50.7 Å². The van der Waals surface area contributed by atoms with Crippen molar-refractivity contribution in [1.29, 1.82) is 0 Å². The number of carbonyl (C=O) groups is 1. The van der Waals surface area contributed by atoms with Gasteiger partial charge in [0.2, 0.25) is 5.16 Å². The van der Waals surface area contributed by atoms with Crippen LogP contribution in [0.15, 0.2) is 53.7 Å². The van der Waals surface area contributed by atoms with Crippen molar-refractivity contribution < 1.29 is 14.3 Å². The van der Waals surface area contributed by atoms with Gasteiger partial charge in [0.1, 0.15) is 18.1 Å². The topological polar surface area (TPSA) is 69.5 Å². The Bertz CT molecular complexity index is 1070. The number of hydrogen-bond donors (Lipinski definition) is 0. The minimum Gasteiger partial charge on any atom is -0.497 e. The summed E-state index contributed by atoms with van der Waals surface area (Å²) in [6.45, 7) is 7.23. The number of carbonyl (C=O) groups excluding carboxylic acids is 1. The van der Waals surface area contributed by atoms with E-state index in [9.17, 15) is 4.79 Å². The van der Waals surface area contributed by atoms with E-state index in [1.165, 1.54) is 5.56 Å². The molecule has 0 saturated carbocycles. The van der Waals surface area contributed by atoms with Crippen molar-refractivity contribution in [3.63, 3.8) is 0 Å². The molecule has 3 aromatic rings. The van der Waals surface area contributed by atoms with Crippen molar-refractivity contribution in [2.75, 3.05) is 24.4 Å². The minimum atomic E-state index is -0.0792. The first-order chi connectivity index (χ1) is 14.9. The van der Waals surface area contributed by atoms with Crippen LogP contribution in [0.25, 0.3) is 0 Å². The van der Waals surface area contributed by atoms with Gasteiger partial charge in [-0.05, 0) is 35.2 Å². The van der Waals surface area contributed by atoms with Crippen LogP contribution in [0.4, 0.5) is 0 Å². The summed E-state index contributed by atoms with van der Waals surface area (Å²) in [5.74, 6) is 2.64. The van der Waals surface area contributed by atoms with Gasteiger partial charge >= 0.3 is 0 Å². The van der Waals surface area contributed by atoms with Crippen LogP contribution in [0.2, 0.25) is 0 Å². The Labute approximate surface area is 186 Å². The normalized spacial score (nSPS) is 13.6. The molecule has 1 aliphatic rings. The minimum absolute atomic E-state index is 0.0371. The van der Waals surface area contributed by atoms with Crippen molar-refractivity contribution in [1.82, 2.24) is 14.9 Å². The van der Waals surface area contributed by atoms with Crippen molar-refractivity contribution >= 4 is 17.7 Å². The molecule has 2 aromatic carbocycles. The molecule has 31 heavy (non-hydrogen) atoms. The summed E-state index contributed by atoms with van der Waals surface area (Å²) in [6.07, 6.45) is 0. The number of hydrogen-bond acceptors (Lipinski definition) is 6. The Morgan fingerprint density at radius 3 is 2.55 bits per heavy atom. The van der Waals surface area contributed by atoms with E-state index in [0.717, 1.165) is 5.75 Å². The number of rotatable bonds is 5. The van der Waals surface area contributed by atoms with E-state index >= 15 is 0 Å². The van der Waals surface area contributed by atoms with Crippen LogP contribution in [0.1, 0.15) is 42.5 Å². The van der Waals surface area contributed by atoms with Crippen LogP contribution in [0.3, 0.4) is 0 Å². The number of aromatic nitrogens is 3. The smallest absolute Gasteiger partial charge is 0.272 e. The van der Waals surface area contributed by atoms with E-state index < -0.39 is 0 Å². The van der Waals surface area contributed by atoms with E-state index in [0.29, 0.717) is 34.6 Å². The molecule has 0 radical (unpaired) electrons. The summed E-state index contributed by atoms with van der Waals surface area (Å²) in [6, 6.07) is 15.2. The van der Waals surface area contributed by atoms with Crippen molar-refractivity contribution in [2.45, 2.75) is 37.9 Å². The van der Waals surface area contributed by atoms with Gasteiger partial charge in [0.05, 0.1) is 13.7 Å². The van der Waals surface area contributed by atoms with Gasteiger partial charge in [0, 0.05) is 17.4 Å². The largest absolute Gasteiger partial charge is 0.497 e. The number of ether oxygens (including phenoxy) is 2. The van der Waals surface area contributed by atoms with Crippen molar-refractivity contribution in [2.24, 2.45) is 0 Å². The third-order valence-corrected chi connectivity index (χ3v) is 5.99. The molecule has 4 rings (SSSR count). The molecule has 0 spiro atoms. The second-order valence-electron chi connectivity index (χ2n) is 8.28. The molecule has 0 fully saturated rings. The molecular formula is C23H26N4O3S. The Kier molecular flexibility index (Phi) is 5.91. The maximum absolute atomic E-state index is 13.3. The Balaban J connectivity index is 1.56. The van der Waals surface area contributed by atoms with E-state index in [2.05, 4.69) is 31.0 Å². The van der Waals surface area contributed by atoms with Gasteiger partial charge in [-0.15, -0.1) is 10.2 Å². The molecule has 0 aliphatic carbocycles. The fraction of sp³-hybridized carbons (Fsp3) is 0.348. The average Bonchev–Trinajstić information content (AvgIpc) is 3.20. The van der Waals surface area contributed by atoms with Crippen LogP contribution >= 0.6 is 11.8 Å². The van der Waals surface area contributed by atoms with Gasteiger partial charge < -0.3 is 9.47 Å². The fourth-order valence-electron chi connectivity index (χ4n) is 3.33. The number of methoxy groups -OCH3 is 1. The third kappa shape index (κ3) is 4.54. The first-order valence-corrected chi connectivity index (χ1v) is 11.1. The highest BCUT2D eigenvalue weighted by Gasteiger charge is 2.28. The quantitative estimate of drug-likeness (QED) is 0.599. The first kappa shape index (κ1) is 21.2. The molecule has 1 amide bonds. The van der Waals surface area contributed by atoms with E-state index in [-0.39, 0.29) is 17.9 Å². The Morgan fingerprint density at radius 2 is 1.84 bits per heavy atom. The van der Waals surface area contributed by atoms with Gasteiger partial charge in [0.25, 0.3) is 5.91 Å². The molecule has 0 unspecified atom stereocenters. The summed E-state index contributed by atoms with van der Waals surface area (Å²) in [5, 5.41) is 10.9. The van der Waals surface area contributed by atoms with Gasteiger partial charge in [-0.25, -0.2) is 9.69 Å². The fourth-order valence-corrected chi connectivity index (χ4v) is 4.21. The molecule has 0 atom stereocenters. The zero-order valence-electron chi connectivity index (χ0n) is 18.2. The summed E-state index contributed by atoms with van der Waals surface area (Å²) in [7, 11) is 1.61. The summed E-state index contributed by atoms with van der Waals surface area (Å²) in [5.41, 5.74) is 1.87. The van der Waals surface area contributed by atoms with Gasteiger partial charge in [-0.3, -0.25) is 4.79 Å². The second-order valence-corrected chi connectivity index (χ2v) is 9.34. The van der Waals surface area contributed by atoms with E-state index in [1.54, 1.807) is 28.6 Å². The van der Waals surface area contributed by atoms with Crippen LogP contribution in [0, 0.1) is 0 Å². The molecule has 0 saturated heterocycles. The molecule has 7 nitrogen and oxygen atoms in total. The molecule has 1 aromatic heterocycles. The molecule has 0 N–H and O–H groups in total. The lowest BCUT2D eigenvalue weighted by Gasteiger charge is -2.29. The highest BCUT2D eigenvalue weighted by Crippen LogP contribution is 2.26. The zero-order valence-corrected chi connectivity index (χ0v) is 19.0. The SMILES string of the molecule is COc1cccc(OCc2nnc3n2N(C(=O)c2ccc(C(C)(C)C)cc2)CCS3)c1. The summed E-state index contributed by atoms with van der Waals surface area (Å²) in [4.78, 5) is 13.3. The number of benzene rings is 2. The molecule has 0 bridgehead atoms. The maximum Gasteiger partial charge on any atom is 0.272 e. The molecule has 8 heteroatoms. The van der Waals surface area contributed by atoms with E-state index in [1.807, 2.05) is 48.5 Å². The lowest BCUT2D eigenvalue weighted by molar-refractivity contribution is 0.0952. The second kappa shape index (κ2) is 8.63. The van der Waals surface area contributed by atoms with Crippen LogP contribution < -0.4 is 14.5 Å². The van der Waals surface area contributed by atoms with Crippen LogP contribution in [-0.2, 0) is 12.0 Å². The molecule has 1 aliphatic heterocycles. The van der Waals surface area contributed by atoms with Gasteiger partial charge in [-0.2, -0.15) is 0 Å². The number of fused-ring (bicyclic) bond motifs is 1. The average molecular weight is 439 g/mol. The standard InChI is InChI=1S/C23H26N4O3S/c1-23(2,3)17-10-8-16(9-11-17)21(28)26-12-13-31-22-25-24-20(27(22)26)15-30-19-7-5-6-18(14-19)29-4/h5-11,14H,12-13,15H2,1-4H3. The zero-order chi connectivity index (χ0) is 22.0. The first-order valence-electron chi connectivity index (χ1n) is 10.1. The lowest BCUT2D eigenvalue weighted by atomic mass is 9.86. The highest BCUT2D eigenvalue weighted by molar-refractivity contribution is 7.99. The number of amides is 1. The Hall–Kier alpha value is -3.00. The third-order valence-electron chi connectivity index (χ3n) is 5.09. The molecular weight excluding hydrogens is 412 g/mol. The molecule has 162 valence electrons. The summed E-state index contributed by atoms with van der Waals surface area (Å²) >= 11 is 1.58. The van der Waals surface area contributed by atoms with Crippen molar-refractivity contribution in [3.05, 3.63) is 65.5 Å². The Morgan fingerprint density at radius 1 is 1.10 bits per heavy atom. The summed E-state index contributed by atoms with van der Waals surface area (Å²) < 4.78 is 12.9. The predicted octanol–water partition coefficient (Wildman–Crippen LogP) is 4.05. The predicted molar refractivity (Wildman–Crippen MR) is 121 cm³/mol. The number of thioether (sulfide) groups is 1. The van der Waals surface area contributed by atoms with Crippen LogP contribution in [0.5, 0.6) is 11.5 Å². The monoisotopic (exact) mass is 438 g/mol. The number of nitrogens with zero attached hydrogens (tertiary/aromatic N) is 4. The van der Waals surface area contributed by atoms with Crippen molar-refractivity contribution in [3.8, 4) is 11.5 Å². The van der Waals surface area contributed by atoms with E-state index in [4.69, 9.17) is 9.47 Å². The maximum atomic E-state index is 13.3.